The van der Waals surface area contributed by atoms with Gasteiger partial charge in [-0.25, -0.2) is 4.79 Å². The van der Waals surface area contributed by atoms with Crippen LogP contribution in [0.4, 0.5) is 5.69 Å². The Kier molecular flexibility index (Phi) is 4.70. The summed E-state index contributed by atoms with van der Waals surface area (Å²) in [6.45, 7) is 1.85. The molecule has 110 valence electrons. The van der Waals surface area contributed by atoms with E-state index < -0.39 is 12.0 Å². The SMILES string of the molecule is COc1cc(Cl)c(C)cc1NC(C(=O)O)c1ccccc1. The van der Waals surface area contributed by atoms with Gasteiger partial charge in [0.1, 0.15) is 5.75 Å². The van der Waals surface area contributed by atoms with Crippen LogP contribution < -0.4 is 10.1 Å². The number of ether oxygens (including phenoxy) is 1. The fourth-order valence-corrected chi connectivity index (χ4v) is 2.19. The molecule has 0 aliphatic rings. The van der Waals surface area contributed by atoms with Crippen molar-refractivity contribution in [3.63, 3.8) is 0 Å². The van der Waals surface area contributed by atoms with E-state index in [2.05, 4.69) is 5.32 Å². The van der Waals surface area contributed by atoms with E-state index >= 15 is 0 Å². The molecule has 0 radical (unpaired) electrons. The number of rotatable bonds is 5. The Bertz CT molecular complexity index is 643. The lowest BCUT2D eigenvalue weighted by Crippen LogP contribution is -2.20. The minimum Gasteiger partial charge on any atom is -0.495 e. The maximum atomic E-state index is 11.5. The minimum absolute atomic E-state index is 0.507. The largest absolute Gasteiger partial charge is 0.495 e. The number of aryl methyl sites for hydroxylation is 1. The standard InChI is InChI=1S/C16H16ClNO3/c1-10-8-13(14(21-2)9-12(10)17)18-15(16(19)20)11-6-4-3-5-7-11/h3-9,15,18H,1-2H3,(H,19,20). The second-order valence-corrected chi connectivity index (χ2v) is 5.04. The lowest BCUT2D eigenvalue weighted by atomic mass is 10.1. The molecule has 21 heavy (non-hydrogen) atoms. The van der Waals surface area contributed by atoms with E-state index in [0.717, 1.165) is 5.56 Å². The number of benzene rings is 2. The highest BCUT2D eigenvalue weighted by Gasteiger charge is 2.21. The van der Waals surface area contributed by atoms with Crippen molar-refractivity contribution in [1.29, 1.82) is 0 Å². The van der Waals surface area contributed by atoms with Gasteiger partial charge in [0.15, 0.2) is 6.04 Å². The van der Waals surface area contributed by atoms with Crippen LogP contribution in [0.25, 0.3) is 0 Å². The van der Waals surface area contributed by atoms with E-state index in [1.165, 1.54) is 7.11 Å². The molecule has 0 aromatic heterocycles. The summed E-state index contributed by atoms with van der Waals surface area (Å²) in [5.74, 6) is -0.455. The van der Waals surface area contributed by atoms with Crippen LogP contribution in [0.2, 0.25) is 5.02 Å². The maximum absolute atomic E-state index is 11.5. The number of carbonyl (C=O) groups is 1. The zero-order valence-electron chi connectivity index (χ0n) is 11.8. The summed E-state index contributed by atoms with van der Waals surface area (Å²) in [6.07, 6.45) is 0. The molecule has 1 unspecified atom stereocenters. The number of nitrogens with one attached hydrogen (secondary N) is 1. The van der Waals surface area contributed by atoms with Crippen LogP contribution in [0.3, 0.4) is 0 Å². The Morgan fingerprint density at radius 2 is 1.95 bits per heavy atom. The molecule has 2 aromatic carbocycles. The smallest absolute Gasteiger partial charge is 0.330 e. The van der Waals surface area contributed by atoms with Gasteiger partial charge in [-0.1, -0.05) is 41.9 Å². The zero-order valence-corrected chi connectivity index (χ0v) is 12.5. The molecule has 0 saturated carbocycles. The first kappa shape index (κ1) is 15.2. The molecule has 0 aliphatic heterocycles. The van der Waals surface area contributed by atoms with Crippen molar-refractivity contribution in [2.24, 2.45) is 0 Å². The van der Waals surface area contributed by atoms with Gasteiger partial charge in [0, 0.05) is 11.1 Å². The molecule has 0 bridgehead atoms. The summed E-state index contributed by atoms with van der Waals surface area (Å²) >= 11 is 6.06. The number of halogens is 1. The summed E-state index contributed by atoms with van der Waals surface area (Å²) < 4.78 is 5.26. The van der Waals surface area contributed by atoms with Gasteiger partial charge in [-0.15, -0.1) is 0 Å². The van der Waals surface area contributed by atoms with Crippen LogP contribution in [0, 0.1) is 6.92 Å². The van der Waals surface area contributed by atoms with E-state index in [1.54, 1.807) is 36.4 Å². The molecule has 0 spiro atoms. The molecule has 4 nitrogen and oxygen atoms in total. The molecular formula is C16H16ClNO3. The van der Waals surface area contributed by atoms with Crippen LogP contribution in [-0.2, 0) is 4.79 Å². The van der Waals surface area contributed by atoms with Crippen LogP contribution in [0.1, 0.15) is 17.2 Å². The molecule has 0 saturated heterocycles. The monoisotopic (exact) mass is 305 g/mol. The second-order valence-electron chi connectivity index (χ2n) is 4.63. The van der Waals surface area contributed by atoms with Gasteiger partial charge in [0.05, 0.1) is 12.8 Å². The highest BCUT2D eigenvalue weighted by atomic mass is 35.5. The number of anilines is 1. The Morgan fingerprint density at radius 3 is 2.52 bits per heavy atom. The van der Waals surface area contributed by atoms with Gasteiger partial charge in [-0.2, -0.15) is 0 Å². The van der Waals surface area contributed by atoms with E-state index in [9.17, 15) is 9.90 Å². The first-order valence-electron chi connectivity index (χ1n) is 6.41. The van der Waals surface area contributed by atoms with Crippen molar-refractivity contribution >= 4 is 23.3 Å². The van der Waals surface area contributed by atoms with Crippen LogP contribution in [-0.4, -0.2) is 18.2 Å². The predicted molar refractivity (Wildman–Crippen MR) is 83.2 cm³/mol. The number of hydrogen-bond acceptors (Lipinski definition) is 3. The summed E-state index contributed by atoms with van der Waals surface area (Å²) in [5, 5.41) is 13.0. The number of aliphatic carboxylic acids is 1. The molecule has 0 heterocycles. The fourth-order valence-electron chi connectivity index (χ4n) is 2.03. The van der Waals surface area contributed by atoms with Gasteiger partial charge >= 0.3 is 5.97 Å². The lowest BCUT2D eigenvalue weighted by molar-refractivity contribution is -0.138. The highest BCUT2D eigenvalue weighted by Crippen LogP contribution is 2.33. The normalized spacial score (nSPS) is 11.8. The molecule has 0 amide bonds. The minimum atomic E-state index is -0.962. The van der Waals surface area contributed by atoms with Crippen molar-refractivity contribution in [2.75, 3.05) is 12.4 Å². The zero-order chi connectivity index (χ0) is 15.4. The van der Waals surface area contributed by atoms with Crippen molar-refractivity contribution in [3.05, 3.63) is 58.6 Å². The molecule has 2 N–H and O–H groups in total. The molecule has 1 atom stereocenters. The fraction of sp³-hybridized carbons (Fsp3) is 0.188. The molecule has 0 fully saturated rings. The van der Waals surface area contributed by atoms with Crippen LogP contribution in [0.15, 0.2) is 42.5 Å². The van der Waals surface area contributed by atoms with E-state index in [-0.39, 0.29) is 0 Å². The molecule has 0 aliphatic carbocycles. The van der Waals surface area contributed by atoms with Gasteiger partial charge < -0.3 is 15.2 Å². The topological polar surface area (TPSA) is 58.6 Å². The second kappa shape index (κ2) is 6.50. The van der Waals surface area contributed by atoms with Gasteiger partial charge in [0.25, 0.3) is 0 Å². The Morgan fingerprint density at radius 1 is 1.29 bits per heavy atom. The third kappa shape index (κ3) is 3.47. The number of methoxy groups -OCH3 is 1. The lowest BCUT2D eigenvalue weighted by Gasteiger charge is -2.19. The van der Waals surface area contributed by atoms with Gasteiger partial charge in [-0.05, 0) is 24.1 Å². The summed E-state index contributed by atoms with van der Waals surface area (Å²) in [6, 6.07) is 11.6. The molecule has 2 rings (SSSR count). The summed E-state index contributed by atoms with van der Waals surface area (Å²) in [4.78, 5) is 11.5. The molecule has 2 aromatic rings. The van der Waals surface area contributed by atoms with E-state index in [0.29, 0.717) is 22.0 Å². The Balaban J connectivity index is 2.38. The Hall–Kier alpha value is -2.20. The van der Waals surface area contributed by atoms with Gasteiger partial charge in [-0.3, -0.25) is 0 Å². The highest BCUT2D eigenvalue weighted by molar-refractivity contribution is 6.31. The summed E-state index contributed by atoms with van der Waals surface area (Å²) in [5.41, 5.74) is 2.10. The average Bonchev–Trinajstić information content (AvgIpc) is 2.48. The number of hydrogen-bond donors (Lipinski definition) is 2. The van der Waals surface area contributed by atoms with E-state index in [4.69, 9.17) is 16.3 Å². The maximum Gasteiger partial charge on any atom is 0.330 e. The van der Waals surface area contributed by atoms with Crippen molar-refractivity contribution in [2.45, 2.75) is 13.0 Å². The molecule has 5 heteroatoms. The average molecular weight is 306 g/mol. The number of carboxylic acid groups (broad SMARTS) is 1. The predicted octanol–water partition coefficient (Wildman–Crippen LogP) is 3.89. The molecular weight excluding hydrogens is 290 g/mol. The quantitative estimate of drug-likeness (QED) is 0.879. The van der Waals surface area contributed by atoms with E-state index in [1.807, 2.05) is 13.0 Å². The first-order chi connectivity index (χ1) is 10.0. The third-order valence-corrected chi connectivity index (χ3v) is 3.57. The Labute approximate surface area is 128 Å². The van der Waals surface area contributed by atoms with Crippen LogP contribution >= 0.6 is 11.6 Å². The first-order valence-corrected chi connectivity index (χ1v) is 6.79. The number of carboxylic acids is 1. The van der Waals surface area contributed by atoms with Crippen molar-refractivity contribution < 1.29 is 14.6 Å². The van der Waals surface area contributed by atoms with Gasteiger partial charge in [0.2, 0.25) is 0 Å². The third-order valence-electron chi connectivity index (χ3n) is 3.16. The van der Waals surface area contributed by atoms with Crippen molar-refractivity contribution in [1.82, 2.24) is 0 Å². The van der Waals surface area contributed by atoms with Crippen molar-refractivity contribution in [3.8, 4) is 5.75 Å². The summed E-state index contributed by atoms with van der Waals surface area (Å²) in [7, 11) is 1.52. The van der Waals surface area contributed by atoms with Crippen LogP contribution in [0.5, 0.6) is 5.75 Å².